The number of rotatable bonds is 4. The highest BCUT2D eigenvalue weighted by atomic mass is 32.1. The minimum absolute atomic E-state index is 0.430. The van der Waals surface area contributed by atoms with Crippen molar-refractivity contribution in [1.29, 1.82) is 0 Å². The molecule has 2 aliphatic carbocycles. The van der Waals surface area contributed by atoms with E-state index in [1.165, 1.54) is 35.0 Å². The van der Waals surface area contributed by atoms with Crippen molar-refractivity contribution in [3.8, 4) is 0 Å². The maximum absolute atomic E-state index is 5.92. The summed E-state index contributed by atoms with van der Waals surface area (Å²) in [5, 5.41) is 7.28. The lowest BCUT2D eigenvalue weighted by atomic mass is 9.51. The highest BCUT2D eigenvalue weighted by molar-refractivity contribution is 7.17. The number of nitrogens with one attached hydrogen (secondary N) is 1. The van der Waals surface area contributed by atoms with Crippen LogP contribution < -0.4 is 5.32 Å². The first kappa shape index (κ1) is 12.7. The molecule has 1 heterocycles. The molecular formula is C17H21NOS. The summed E-state index contributed by atoms with van der Waals surface area (Å²) in [6.45, 7) is 2.96. The Labute approximate surface area is 124 Å². The van der Waals surface area contributed by atoms with Crippen molar-refractivity contribution < 1.29 is 4.74 Å². The average molecular weight is 287 g/mol. The van der Waals surface area contributed by atoms with Gasteiger partial charge in [0.2, 0.25) is 0 Å². The standard InChI is InChI=1S/C17H21NOS/c1-2-19-16-11-15(17(16)7-3-8-17)18-13-4-5-14-12(10-13)6-9-20-14/h4-6,9-10,15-16,18H,2-3,7-8,11H2,1H3. The minimum Gasteiger partial charge on any atom is -0.382 e. The average Bonchev–Trinajstić information content (AvgIpc) is 2.82. The first-order chi connectivity index (χ1) is 9.82. The third-order valence-electron chi connectivity index (χ3n) is 5.23. The Bertz CT molecular complexity index is 616. The quantitative estimate of drug-likeness (QED) is 0.883. The summed E-state index contributed by atoms with van der Waals surface area (Å²) in [5.41, 5.74) is 1.70. The van der Waals surface area contributed by atoms with Crippen LogP contribution in [0.3, 0.4) is 0 Å². The minimum atomic E-state index is 0.430. The SMILES string of the molecule is CCOC1CC(Nc2ccc3sccc3c2)C12CCC2. The fourth-order valence-corrected chi connectivity index (χ4v) is 4.67. The van der Waals surface area contributed by atoms with Crippen LogP contribution in [0.1, 0.15) is 32.6 Å². The highest BCUT2D eigenvalue weighted by Crippen LogP contribution is 2.58. The van der Waals surface area contributed by atoms with E-state index in [0.717, 1.165) is 13.0 Å². The number of anilines is 1. The molecule has 2 saturated carbocycles. The Morgan fingerprint density at radius 3 is 3.00 bits per heavy atom. The number of hydrogen-bond acceptors (Lipinski definition) is 3. The van der Waals surface area contributed by atoms with E-state index in [0.29, 0.717) is 17.6 Å². The molecule has 106 valence electrons. The molecule has 2 unspecified atom stereocenters. The number of thiophene rings is 1. The first-order valence-electron chi connectivity index (χ1n) is 7.67. The van der Waals surface area contributed by atoms with E-state index in [2.05, 4.69) is 41.9 Å². The van der Waals surface area contributed by atoms with Gasteiger partial charge in [0.05, 0.1) is 6.10 Å². The Morgan fingerprint density at radius 2 is 2.25 bits per heavy atom. The molecule has 1 spiro atoms. The van der Waals surface area contributed by atoms with Gasteiger partial charge in [-0.25, -0.2) is 0 Å². The van der Waals surface area contributed by atoms with Crippen molar-refractivity contribution in [2.75, 3.05) is 11.9 Å². The maximum Gasteiger partial charge on any atom is 0.0670 e. The molecule has 2 aromatic rings. The van der Waals surface area contributed by atoms with E-state index in [9.17, 15) is 0 Å². The molecule has 0 radical (unpaired) electrons. The molecule has 4 rings (SSSR count). The predicted molar refractivity (Wildman–Crippen MR) is 85.6 cm³/mol. The lowest BCUT2D eigenvalue weighted by Crippen LogP contribution is -2.64. The fraction of sp³-hybridized carbons (Fsp3) is 0.529. The Kier molecular flexibility index (Phi) is 3.00. The van der Waals surface area contributed by atoms with Crippen LogP contribution >= 0.6 is 11.3 Å². The van der Waals surface area contributed by atoms with E-state index in [1.54, 1.807) is 0 Å². The van der Waals surface area contributed by atoms with Gasteiger partial charge < -0.3 is 10.1 Å². The highest BCUT2D eigenvalue weighted by Gasteiger charge is 2.58. The van der Waals surface area contributed by atoms with Gasteiger partial charge >= 0.3 is 0 Å². The van der Waals surface area contributed by atoms with Gasteiger partial charge in [0, 0.05) is 28.5 Å². The van der Waals surface area contributed by atoms with E-state index < -0.39 is 0 Å². The predicted octanol–water partition coefficient (Wildman–Crippen LogP) is 4.66. The Balaban J connectivity index is 1.51. The monoisotopic (exact) mass is 287 g/mol. The third-order valence-corrected chi connectivity index (χ3v) is 6.13. The first-order valence-corrected chi connectivity index (χ1v) is 8.55. The molecule has 2 fully saturated rings. The second-order valence-corrected chi connectivity index (χ2v) is 7.08. The maximum atomic E-state index is 5.92. The van der Waals surface area contributed by atoms with Crippen molar-refractivity contribution in [2.24, 2.45) is 5.41 Å². The van der Waals surface area contributed by atoms with Gasteiger partial charge in [-0.1, -0.05) is 6.42 Å². The van der Waals surface area contributed by atoms with E-state index in [1.807, 2.05) is 11.3 Å². The van der Waals surface area contributed by atoms with Gasteiger partial charge in [0.15, 0.2) is 0 Å². The van der Waals surface area contributed by atoms with Crippen molar-refractivity contribution in [1.82, 2.24) is 0 Å². The fourth-order valence-electron chi connectivity index (χ4n) is 3.90. The van der Waals surface area contributed by atoms with Crippen LogP contribution in [0.5, 0.6) is 0 Å². The Hall–Kier alpha value is -1.06. The van der Waals surface area contributed by atoms with Gasteiger partial charge in [-0.2, -0.15) is 0 Å². The summed E-state index contributed by atoms with van der Waals surface area (Å²) >= 11 is 1.81. The molecule has 2 atom stereocenters. The van der Waals surface area contributed by atoms with Crippen molar-refractivity contribution in [3.63, 3.8) is 0 Å². The third kappa shape index (κ3) is 1.80. The van der Waals surface area contributed by atoms with Crippen LogP contribution in [0, 0.1) is 5.41 Å². The summed E-state index contributed by atoms with van der Waals surface area (Å²) in [6, 6.07) is 9.54. The second-order valence-electron chi connectivity index (χ2n) is 6.14. The van der Waals surface area contributed by atoms with Crippen LogP contribution in [0.4, 0.5) is 5.69 Å². The van der Waals surface area contributed by atoms with Gasteiger partial charge in [0.25, 0.3) is 0 Å². The molecule has 0 saturated heterocycles. The van der Waals surface area contributed by atoms with Crippen molar-refractivity contribution >= 4 is 27.1 Å². The lowest BCUT2D eigenvalue weighted by molar-refractivity contribution is -0.157. The molecule has 1 aromatic carbocycles. The zero-order valence-electron chi connectivity index (χ0n) is 11.9. The van der Waals surface area contributed by atoms with Crippen LogP contribution in [0.25, 0.3) is 10.1 Å². The molecule has 3 heteroatoms. The number of fused-ring (bicyclic) bond motifs is 1. The smallest absolute Gasteiger partial charge is 0.0670 e. The second kappa shape index (κ2) is 4.74. The lowest BCUT2D eigenvalue weighted by Gasteiger charge is -2.61. The van der Waals surface area contributed by atoms with E-state index in [4.69, 9.17) is 4.74 Å². The van der Waals surface area contributed by atoms with Crippen molar-refractivity contribution in [2.45, 2.75) is 44.8 Å². The summed E-state index contributed by atoms with van der Waals surface area (Å²) < 4.78 is 7.29. The van der Waals surface area contributed by atoms with Gasteiger partial charge in [0.1, 0.15) is 0 Å². The molecule has 2 nitrogen and oxygen atoms in total. The summed E-state index contributed by atoms with van der Waals surface area (Å²) in [4.78, 5) is 0. The number of benzene rings is 1. The van der Waals surface area contributed by atoms with Crippen LogP contribution in [-0.4, -0.2) is 18.8 Å². The zero-order chi connectivity index (χ0) is 13.6. The molecule has 1 N–H and O–H groups in total. The molecular weight excluding hydrogens is 266 g/mol. The molecule has 0 amide bonds. The van der Waals surface area contributed by atoms with Gasteiger partial charge in [-0.05, 0) is 61.2 Å². The normalized spacial score (nSPS) is 27.2. The Morgan fingerprint density at radius 1 is 1.35 bits per heavy atom. The van der Waals surface area contributed by atoms with Crippen LogP contribution in [-0.2, 0) is 4.74 Å². The summed E-state index contributed by atoms with van der Waals surface area (Å²) in [6.07, 6.45) is 5.68. The topological polar surface area (TPSA) is 21.3 Å². The van der Waals surface area contributed by atoms with Gasteiger partial charge in [-0.3, -0.25) is 0 Å². The number of hydrogen-bond donors (Lipinski definition) is 1. The zero-order valence-corrected chi connectivity index (χ0v) is 12.7. The van der Waals surface area contributed by atoms with Crippen molar-refractivity contribution in [3.05, 3.63) is 29.6 Å². The molecule has 0 bridgehead atoms. The van der Waals surface area contributed by atoms with Crippen LogP contribution in [0.15, 0.2) is 29.6 Å². The van der Waals surface area contributed by atoms with E-state index in [-0.39, 0.29) is 0 Å². The molecule has 2 aliphatic rings. The molecule has 0 aliphatic heterocycles. The largest absolute Gasteiger partial charge is 0.382 e. The molecule has 1 aromatic heterocycles. The number of ether oxygens (including phenoxy) is 1. The molecule has 20 heavy (non-hydrogen) atoms. The summed E-state index contributed by atoms with van der Waals surface area (Å²) in [7, 11) is 0. The van der Waals surface area contributed by atoms with Gasteiger partial charge in [-0.15, -0.1) is 11.3 Å². The van der Waals surface area contributed by atoms with E-state index >= 15 is 0 Å². The summed E-state index contributed by atoms with van der Waals surface area (Å²) in [5.74, 6) is 0. The van der Waals surface area contributed by atoms with Crippen LogP contribution in [0.2, 0.25) is 0 Å².